The summed E-state index contributed by atoms with van der Waals surface area (Å²) in [6, 6.07) is 1.31. The second-order valence-corrected chi connectivity index (χ2v) is 11.9. The number of nitrogens with zero attached hydrogens (tertiary/aromatic N) is 4. The predicted molar refractivity (Wildman–Crippen MR) is 140 cm³/mol. The van der Waals surface area contributed by atoms with E-state index in [9.17, 15) is 26.9 Å². The Morgan fingerprint density at radius 1 is 1.23 bits per heavy atom. The van der Waals surface area contributed by atoms with E-state index in [0.717, 1.165) is 18.2 Å². The topological polar surface area (TPSA) is 146 Å². The van der Waals surface area contributed by atoms with Crippen LogP contribution in [0.2, 0.25) is 0 Å². The lowest BCUT2D eigenvalue weighted by molar-refractivity contribution is -0.153. The lowest BCUT2D eigenvalue weighted by atomic mass is 10.1. The van der Waals surface area contributed by atoms with Crippen LogP contribution in [0.15, 0.2) is 36.9 Å². The molecule has 1 unspecified atom stereocenters. The molecule has 0 radical (unpaired) electrons. The van der Waals surface area contributed by atoms with E-state index in [0.29, 0.717) is 23.7 Å². The van der Waals surface area contributed by atoms with Crippen LogP contribution in [0.25, 0.3) is 11.2 Å². The smallest absolute Gasteiger partial charge is 0.408 e. The van der Waals surface area contributed by atoms with Gasteiger partial charge in [-0.1, -0.05) is 19.1 Å². The summed E-state index contributed by atoms with van der Waals surface area (Å²) in [7, 11) is -4.40. The number of hydrogen-bond acceptors (Lipinski definition) is 8. The van der Waals surface area contributed by atoms with Crippen molar-refractivity contribution in [1.82, 2.24) is 29.7 Å². The molecule has 0 saturated heterocycles. The first kappa shape index (κ1) is 31.4. The number of fused-ring (bicyclic) bond motifs is 1. The number of alkyl halides is 3. The van der Waals surface area contributed by atoms with Crippen LogP contribution in [-0.2, 0) is 25.4 Å². The molecule has 0 saturated carbocycles. The third kappa shape index (κ3) is 7.96. The SMILES string of the molecule is CCCOC(=O)C(C)(C)NP(=O)(CO[C@@H](C)Cn1cnc2c(N)ncnc21)N[C@H](c1cccc(F)c1)C(F)(F)F. The van der Waals surface area contributed by atoms with Gasteiger partial charge in [-0.2, -0.15) is 13.2 Å². The number of halogens is 4. The van der Waals surface area contributed by atoms with E-state index in [1.54, 1.807) is 18.4 Å². The molecule has 3 atom stereocenters. The van der Waals surface area contributed by atoms with Crippen molar-refractivity contribution in [2.24, 2.45) is 0 Å². The zero-order valence-corrected chi connectivity index (χ0v) is 23.3. The fraction of sp³-hybridized carbons (Fsp3) is 0.500. The van der Waals surface area contributed by atoms with E-state index in [1.807, 2.05) is 0 Å². The summed E-state index contributed by atoms with van der Waals surface area (Å²) in [5.41, 5.74) is 4.40. The van der Waals surface area contributed by atoms with Gasteiger partial charge in [-0.05, 0) is 44.9 Å². The van der Waals surface area contributed by atoms with Gasteiger partial charge in [0.1, 0.15) is 35.6 Å². The predicted octanol–water partition coefficient (Wildman–Crippen LogP) is 4.32. The van der Waals surface area contributed by atoms with Crippen LogP contribution in [0, 0.1) is 5.82 Å². The van der Waals surface area contributed by atoms with E-state index in [1.165, 1.54) is 26.5 Å². The van der Waals surface area contributed by atoms with Gasteiger partial charge < -0.3 is 19.8 Å². The molecule has 1 aromatic carbocycles. The Kier molecular flexibility index (Phi) is 9.88. The fourth-order valence-electron chi connectivity index (χ4n) is 3.80. The van der Waals surface area contributed by atoms with E-state index in [-0.39, 0.29) is 19.0 Å². The van der Waals surface area contributed by atoms with E-state index in [2.05, 4.69) is 25.1 Å². The fourth-order valence-corrected chi connectivity index (χ4v) is 6.17. The zero-order valence-electron chi connectivity index (χ0n) is 22.4. The Morgan fingerprint density at radius 2 is 1.95 bits per heavy atom. The van der Waals surface area contributed by atoms with Crippen LogP contribution in [0.1, 0.15) is 45.7 Å². The number of anilines is 1. The summed E-state index contributed by atoms with van der Waals surface area (Å²) in [4.78, 5) is 24.8. The van der Waals surface area contributed by atoms with Gasteiger partial charge in [0, 0.05) is 0 Å². The molecule has 40 heavy (non-hydrogen) atoms. The van der Waals surface area contributed by atoms with Gasteiger partial charge in [-0.3, -0.25) is 9.36 Å². The number of nitrogen functional groups attached to an aromatic ring is 1. The molecule has 0 aliphatic carbocycles. The Hall–Kier alpha value is -3.13. The summed E-state index contributed by atoms with van der Waals surface area (Å²) < 4.78 is 82.8. The minimum absolute atomic E-state index is 0.0661. The molecule has 3 rings (SSSR count). The van der Waals surface area contributed by atoms with Crippen LogP contribution < -0.4 is 15.9 Å². The molecule has 0 aliphatic heterocycles. The van der Waals surface area contributed by atoms with Crippen LogP contribution >= 0.6 is 7.44 Å². The number of rotatable bonds is 13. The number of nitrogens with two attached hydrogens (primary N) is 1. The minimum Gasteiger partial charge on any atom is -0.464 e. The number of imidazole rings is 1. The van der Waals surface area contributed by atoms with Gasteiger partial charge in [-0.25, -0.2) is 29.5 Å². The summed E-state index contributed by atoms with van der Waals surface area (Å²) in [5.74, 6) is -1.55. The maximum Gasteiger partial charge on any atom is 0.408 e. The van der Waals surface area contributed by atoms with Gasteiger partial charge in [0.05, 0.1) is 25.6 Å². The number of esters is 1. The van der Waals surface area contributed by atoms with Crippen molar-refractivity contribution in [1.29, 1.82) is 0 Å². The van der Waals surface area contributed by atoms with Gasteiger partial charge in [0.25, 0.3) is 0 Å². The maximum absolute atomic E-state index is 14.2. The number of ether oxygens (including phenoxy) is 2. The average Bonchev–Trinajstić information content (AvgIpc) is 3.27. The highest BCUT2D eigenvalue weighted by Gasteiger charge is 2.47. The maximum atomic E-state index is 14.2. The van der Waals surface area contributed by atoms with Crippen LogP contribution in [0.3, 0.4) is 0 Å². The number of carbonyl (C=O) groups excluding carboxylic acids is 1. The summed E-state index contributed by atoms with van der Waals surface area (Å²) in [6.07, 6.45) is -3.23. The first-order chi connectivity index (χ1) is 18.6. The van der Waals surface area contributed by atoms with Crippen molar-refractivity contribution in [2.75, 3.05) is 18.7 Å². The molecule has 11 nitrogen and oxygen atoms in total. The molecule has 0 aliphatic rings. The van der Waals surface area contributed by atoms with Crippen molar-refractivity contribution in [3.05, 3.63) is 48.3 Å². The third-order valence-corrected chi connectivity index (χ3v) is 7.79. The molecule has 4 N–H and O–H groups in total. The number of carbonyl (C=O) groups is 1. The summed E-state index contributed by atoms with van der Waals surface area (Å²) in [5, 5.41) is 4.61. The lowest BCUT2D eigenvalue weighted by Crippen LogP contribution is -2.50. The monoisotopic (exact) mass is 589 g/mol. The van der Waals surface area contributed by atoms with Crippen molar-refractivity contribution < 1.29 is 36.4 Å². The standard InChI is InChI=1S/C24H32F4N7O4P/c1-5-9-38-22(36)23(3,4)34-40(37,33-19(24(26,27)28)16-7-6-8-17(25)10-16)14-39-15(2)11-35-13-32-18-20(29)30-12-31-21(18)35/h6-8,10,12-13,15,19H,5,9,11,14H2,1-4H3,(H2,29,30,31)(H2,33,34,37)/t15-,19+,40?/m0/s1. The Morgan fingerprint density at radius 3 is 2.60 bits per heavy atom. The third-order valence-electron chi connectivity index (χ3n) is 5.68. The Balaban J connectivity index is 1.87. The lowest BCUT2D eigenvalue weighted by Gasteiger charge is -2.34. The number of hydrogen-bond donors (Lipinski definition) is 3. The summed E-state index contributed by atoms with van der Waals surface area (Å²) in [6.45, 7) is 6.23. The minimum atomic E-state index is -4.97. The summed E-state index contributed by atoms with van der Waals surface area (Å²) >= 11 is 0. The molecule has 220 valence electrons. The average molecular weight is 590 g/mol. The second kappa shape index (κ2) is 12.6. The first-order valence-corrected chi connectivity index (χ1v) is 14.2. The van der Waals surface area contributed by atoms with Gasteiger partial charge in [0.15, 0.2) is 11.5 Å². The highest BCUT2D eigenvalue weighted by atomic mass is 31.2. The van der Waals surface area contributed by atoms with Gasteiger partial charge in [0.2, 0.25) is 7.44 Å². The molecule has 16 heteroatoms. The largest absolute Gasteiger partial charge is 0.464 e. The normalized spacial score (nSPS) is 15.5. The Labute approximate surface area is 228 Å². The molecule has 3 aromatic rings. The van der Waals surface area contributed by atoms with Crippen LogP contribution in [-0.4, -0.2) is 56.3 Å². The number of aromatic nitrogens is 4. The Bertz CT molecular complexity index is 1370. The van der Waals surface area contributed by atoms with Crippen molar-refractivity contribution in [3.63, 3.8) is 0 Å². The van der Waals surface area contributed by atoms with Gasteiger partial charge >= 0.3 is 12.1 Å². The van der Waals surface area contributed by atoms with Crippen LogP contribution in [0.4, 0.5) is 23.4 Å². The molecule has 0 bridgehead atoms. The van der Waals surface area contributed by atoms with Crippen molar-refractivity contribution in [2.45, 2.75) is 64.5 Å². The number of benzene rings is 1. The highest BCUT2D eigenvalue weighted by molar-refractivity contribution is 7.59. The van der Waals surface area contributed by atoms with Gasteiger partial charge in [-0.15, -0.1) is 0 Å². The molecular formula is C24H32F4N7O4P. The van der Waals surface area contributed by atoms with E-state index >= 15 is 0 Å². The van der Waals surface area contributed by atoms with Crippen molar-refractivity contribution in [3.8, 4) is 0 Å². The number of nitrogens with one attached hydrogen (secondary N) is 2. The molecule has 2 heterocycles. The molecule has 2 aromatic heterocycles. The molecular weight excluding hydrogens is 557 g/mol. The molecule has 0 amide bonds. The first-order valence-electron chi connectivity index (χ1n) is 12.3. The molecule has 0 fully saturated rings. The van der Waals surface area contributed by atoms with E-state index in [4.69, 9.17) is 15.2 Å². The zero-order chi connectivity index (χ0) is 29.7. The van der Waals surface area contributed by atoms with Crippen LogP contribution in [0.5, 0.6) is 0 Å². The quantitative estimate of drug-likeness (QED) is 0.150. The van der Waals surface area contributed by atoms with E-state index < -0.39 is 55.0 Å². The second-order valence-electron chi connectivity index (χ2n) is 9.71. The van der Waals surface area contributed by atoms with Crippen molar-refractivity contribution >= 4 is 30.4 Å². The molecule has 0 spiro atoms. The highest BCUT2D eigenvalue weighted by Crippen LogP contribution is 2.46.